The van der Waals surface area contributed by atoms with Crippen LogP contribution in [0.25, 0.3) is 5.65 Å². The van der Waals surface area contributed by atoms with Crippen molar-refractivity contribution in [1.82, 2.24) is 19.5 Å². The molecule has 0 bridgehead atoms. The van der Waals surface area contributed by atoms with E-state index in [2.05, 4.69) is 17.0 Å². The average molecular weight is 318 g/mol. The first kappa shape index (κ1) is 15.3. The Morgan fingerprint density at radius 3 is 2.73 bits per heavy atom. The van der Waals surface area contributed by atoms with E-state index < -0.39 is 0 Å². The van der Waals surface area contributed by atoms with Gasteiger partial charge in [0.05, 0.1) is 5.69 Å². The Balaban J connectivity index is 1.77. The van der Waals surface area contributed by atoms with E-state index >= 15 is 0 Å². The molecule has 0 N–H and O–H groups in total. The number of carbonyl (C=O) groups is 1. The van der Waals surface area contributed by atoms with Gasteiger partial charge in [0.15, 0.2) is 5.65 Å². The first-order valence-electron chi connectivity index (χ1n) is 7.74. The number of rotatable bonds is 3. The summed E-state index contributed by atoms with van der Waals surface area (Å²) in [5, 5.41) is 4.49. The van der Waals surface area contributed by atoms with Gasteiger partial charge in [-0.25, -0.2) is 9.50 Å². The van der Waals surface area contributed by atoms with Crippen molar-refractivity contribution in [3.05, 3.63) is 28.7 Å². The number of aromatic nitrogens is 3. The van der Waals surface area contributed by atoms with E-state index in [0.29, 0.717) is 6.42 Å². The van der Waals surface area contributed by atoms with Gasteiger partial charge in [-0.3, -0.25) is 4.79 Å². The summed E-state index contributed by atoms with van der Waals surface area (Å²) in [6.07, 6.45) is 1.29. The van der Waals surface area contributed by atoms with Crippen LogP contribution >= 0.6 is 11.8 Å². The minimum absolute atomic E-state index is 0.260. The zero-order valence-corrected chi connectivity index (χ0v) is 14.2. The van der Waals surface area contributed by atoms with Gasteiger partial charge < -0.3 is 4.90 Å². The summed E-state index contributed by atoms with van der Waals surface area (Å²) in [5.41, 5.74) is 5.10. The number of fused-ring (bicyclic) bond motifs is 1. The molecule has 2 aromatic heterocycles. The molecule has 1 saturated heterocycles. The van der Waals surface area contributed by atoms with E-state index in [-0.39, 0.29) is 5.91 Å². The molecule has 0 spiro atoms. The predicted octanol–water partition coefficient (Wildman–Crippen LogP) is 2.16. The molecule has 22 heavy (non-hydrogen) atoms. The van der Waals surface area contributed by atoms with Crippen LogP contribution in [0.4, 0.5) is 0 Å². The Kier molecular flexibility index (Phi) is 4.38. The number of nitrogens with zero attached hydrogens (tertiary/aromatic N) is 4. The lowest BCUT2D eigenvalue weighted by Gasteiger charge is -2.26. The lowest BCUT2D eigenvalue weighted by molar-refractivity contribution is -0.130. The molecule has 3 rings (SSSR count). The first-order valence-corrected chi connectivity index (χ1v) is 8.89. The molecule has 1 amide bonds. The van der Waals surface area contributed by atoms with Crippen molar-refractivity contribution in [2.45, 2.75) is 33.6 Å². The SMILES string of the molecule is Cc1cc2nc(C)c(CCC(=O)N3CCSCC3)c(C)n2n1. The number of amides is 1. The Hall–Kier alpha value is -1.56. The smallest absolute Gasteiger partial charge is 0.222 e. The number of thioether (sulfide) groups is 1. The summed E-state index contributed by atoms with van der Waals surface area (Å²) in [4.78, 5) is 18.9. The van der Waals surface area contributed by atoms with Crippen LogP contribution in [-0.4, -0.2) is 50.0 Å². The zero-order chi connectivity index (χ0) is 15.7. The molecule has 0 saturated carbocycles. The molecule has 2 aromatic rings. The van der Waals surface area contributed by atoms with Crippen LogP contribution in [0.2, 0.25) is 0 Å². The van der Waals surface area contributed by atoms with Crippen LogP contribution in [0.5, 0.6) is 0 Å². The monoisotopic (exact) mass is 318 g/mol. The molecule has 1 fully saturated rings. The number of carbonyl (C=O) groups excluding carboxylic acids is 1. The zero-order valence-electron chi connectivity index (χ0n) is 13.4. The minimum Gasteiger partial charge on any atom is -0.341 e. The van der Waals surface area contributed by atoms with Crippen molar-refractivity contribution in [3.8, 4) is 0 Å². The molecule has 118 valence electrons. The van der Waals surface area contributed by atoms with E-state index in [0.717, 1.165) is 59.3 Å². The van der Waals surface area contributed by atoms with Gasteiger partial charge in [-0.15, -0.1) is 0 Å². The van der Waals surface area contributed by atoms with Gasteiger partial charge in [0.25, 0.3) is 0 Å². The van der Waals surface area contributed by atoms with Gasteiger partial charge in [0, 0.05) is 48.5 Å². The van der Waals surface area contributed by atoms with E-state index in [1.54, 1.807) is 0 Å². The second kappa shape index (κ2) is 6.28. The molecule has 0 atom stereocenters. The van der Waals surface area contributed by atoms with Crippen LogP contribution in [0.15, 0.2) is 6.07 Å². The van der Waals surface area contributed by atoms with Crippen molar-refractivity contribution in [2.75, 3.05) is 24.6 Å². The number of hydrogen-bond donors (Lipinski definition) is 0. The largest absolute Gasteiger partial charge is 0.341 e. The average Bonchev–Trinajstić information content (AvgIpc) is 2.88. The van der Waals surface area contributed by atoms with Crippen LogP contribution < -0.4 is 0 Å². The highest BCUT2D eigenvalue weighted by molar-refractivity contribution is 7.99. The summed E-state index contributed by atoms with van der Waals surface area (Å²) in [6, 6.07) is 1.99. The fourth-order valence-electron chi connectivity index (χ4n) is 3.01. The summed E-state index contributed by atoms with van der Waals surface area (Å²) >= 11 is 1.92. The van der Waals surface area contributed by atoms with Crippen LogP contribution in [0, 0.1) is 20.8 Å². The topological polar surface area (TPSA) is 50.5 Å². The van der Waals surface area contributed by atoms with Gasteiger partial charge in [-0.1, -0.05) is 0 Å². The number of hydrogen-bond acceptors (Lipinski definition) is 4. The van der Waals surface area contributed by atoms with Crippen molar-refractivity contribution in [2.24, 2.45) is 0 Å². The maximum Gasteiger partial charge on any atom is 0.222 e. The Bertz CT molecular complexity index is 704. The Morgan fingerprint density at radius 2 is 2.00 bits per heavy atom. The first-order chi connectivity index (χ1) is 10.6. The normalized spacial score (nSPS) is 15.5. The second-order valence-corrected chi connectivity index (χ2v) is 7.03. The van der Waals surface area contributed by atoms with Gasteiger partial charge in [0.1, 0.15) is 0 Å². The van der Waals surface area contributed by atoms with Gasteiger partial charge >= 0.3 is 0 Å². The van der Waals surface area contributed by atoms with E-state index in [1.165, 1.54) is 0 Å². The van der Waals surface area contributed by atoms with E-state index in [4.69, 9.17) is 0 Å². The molecule has 0 aromatic carbocycles. The minimum atomic E-state index is 0.260. The fourth-order valence-corrected chi connectivity index (χ4v) is 3.91. The van der Waals surface area contributed by atoms with E-state index in [1.807, 2.05) is 41.1 Å². The van der Waals surface area contributed by atoms with Crippen molar-refractivity contribution in [3.63, 3.8) is 0 Å². The third-order valence-corrected chi connectivity index (χ3v) is 5.18. The molecular formula is C16H22N4OS. The molecular weight excluding hydrogens is 296 g/mol. The third-order valence-electron chi connectivity index (χ3n) is 4.24. The number of aryl methyl sites for hydroxylation is 3. The maximum atomic E-state index is 12.3. The summed E-state index contributed by atoms with van der Waals surface area (Å²) in [5.74, 6) is 2.38. The van der Waals surface area contributed by atoms with Gasteiger partial charge in [-0.2, -0.15) is 16.9 Å². The lowest BCUT2D eigenvalue weighted by Crippen LogP contribution is -2.38. The van der Waals surface area contributed by atoms with Crippen LogP contribution in [0.1, 0.15) is 29.1 Å². The molecule has 1 aliphatic heterocycles. The second-order valence-electron chi connectivity index (χ2n) is 5.81. The molecule has 0 aliphatic carbocycles. The molecule has 3 heterocycles. The standard InChI is InChI=1S/C16H22N4OS/c1-11-10-15-17-12(2)14(13(3)20(15)18-11)4-5-16(21)19-6-8-22-9-7-19/h10H,4-9H2,1-3H3. The molecule has 6 heteroatoms. The van der Waals surface area contributed by atoms with Crippen molar-refractivity contribution >= 4 is 23.3 Å². The third kappa shape index (κ3) is 2.97. The quantitative estimate of drug-likeness (QED) is 0.870. The summed E-state index contributed by atoms with van der Waals surface area (Å²) in [7, 11) is 0. The highest BCUT2D eigenvalue weighted by Gasteiger charge is 2.18. The lowest BCUT2D eigenvalue weighted by atomic mass is 10.1. The van der Waals surface area contributed by atoms with Gasteiger partial charge in [0.2, 0.25) is 5.91 Å². The molecule has 0 radical (unpaired) electrons. The Labute approximate surface area is 135 Å². The summed E-state index contributed by atoms with van der Waals surface area (Å²) < 4.78 is 1.89. The van der Waals surface area contributed by atoms with E-state index in [9.17, 15) is 4.79 Å². The molecule has 0 unspecified atom stereocenters. The fraction of sp³-hybridized carbons (Fsp3) is 0.562. The molecule has 1 aliphatic rings. The van der Waals surface area contributed by atoms with Crippen molar-refractivity contribution in [1.29, 1.82) is 0 Å². The maximum absolute atomic E-state index is 12.3. The van der Waals surface area contributed by atoms with Crippen molar-refractivity contribution < 1.29 is 4.79 Å². The predicted molar refractivity (Wildman–Crippen MR) is 89.4 cm³/mol. The Morgan fingerprint density at radius 1 is 1.27 bits per heavy atom. The highest BCUT2D eigenvalue weighted by atomic mass is 32.2. The van der Waals surface area contributed by atoms with Crippen LogP contribution in [-0.2, 0) is 11.2 Å². The van der Waals surface area contributed by atoms with Gasteiger partial charge in [-0.05, 0) is 32.8 Å². The molecule has 5 nitrogen and oxygen atoms in total. The summed E-state index contributed by atoms with van der Waals surface area (Å²) in [6.45, 7) is 7.83. The van der Waals surface area contributed by atoms with Crippen LogP contribution in [0.3, 0.4) is 0 Å². The highest BCUT2D eigenvalue weighted by Crippen LogP contribution is 2.18.